The molecule has 0 nitrogen and oxygen atoms in total. The number of allylic oxidation sites excluding steroid dienone is 2. The van der Waals surface area contributed by atoms with Crippen LogP contribution < -0.4 is 24.8 Å². The first-order valence-electron chi connectivity index (χ1n) is 10.0. The van der Waals surface area contributed by atoms with E-state index in [2.05, 4.69) is 75.5 Å². The number of fused-ring (bicyclic) bond motifs is 8. The van der Waals surface area contributed by atoms with Crippen molar-refractivity contribution in [3.63, 3.8) is 0 Å². The molecule has 0 fully saturated rings. The van der Waals surface area contributed by atoms with E-state index in [0.29, 0.717) is 0 Å². The Hall–Kier alpha value is -0.400. The Kier molecular flexibility index (Phi) is 6.39. The van der Waals surface area contributed by atoms with Crippen molar-refractivity contribution < 1.29 is 48.0 Å². The van der Waals surface area contributed by atoms with Crippen molar-refractivity contribution in [2.45, 2.75) is 47.0 Å². The molecular formula is C24H26Cl2SiZr. The molecule has 2 aromatic carbocycles. The Labute approximate surface area is 194 Å². The van der Waals surface area contributed by atoms with Crippen LogP contribution in [-0.4, -0.2) is 8.07 Å². The molecule has 2 aromatic rings. The number of hydrogen-bond donors (Lipinski definition) is 0. The SMILES string of the molecule is CCC1=C2c3ccccc3[CH]1[Zr+2][CH]1C(CC)=C(c3ccccc31)[Si]2(C)C.[Cl-].[Cl-]. The topological polar surface area (TPSA) is 0 Å². The molecule has 144 valence electrons. The average molecular weight is 505 g/mol. The first-order valence-corrected chi connectivity index (χ1v) is 15.8. The van der Waals surface area contributed by atoms with Gasteiger partial charge in [0.1, 0.15) is 0 Å². The Balaban J connectivity index is 0.00000112. The summed E-state index contributed by atoms with van der Waals surface area (Å²) in [5.74, 6) is 0. The first-order chi connectivity index (χ1) is 12.6. The van der Waals surface area contributed by atoms with E-state index in [1.165, 1.54) is 12.8 Å². The largest absolute Gasteiger partial charge is 1.00 e. The van der Waals surface area contributed by atoms with Crippen LogP contribution in [0.5, 0.6) is 0 Å². The molecule has 0 N–H and O–H groups in total. The summed E-state index contributed by atoms with van der Waals surface area (Å²) in [6.45, 7) is 10.1. The van der Waals surface area contributed by atoms with Gasteiger partial charge in [0.05, 0.1) is 0 Å². The summed E-state index contributed by atoms with van der Waals surface area (Å²) >= 11 is -0.666. The van der Waals surface area contributed by atoms with Crippen molar-refractivity contribution >= 4 is 18.5 Å². The van der Waals surface area contributed by atoms with Crippen LogP contribution in [0, 0.1) is 0 Å². The summed E-state index contributed by atoms with van der Waals surface area (Å²) in [4.78, 5) is 0. The maximum absolute atomic E-state index is 2.64. The van der Waals surface area contributed by atoms with Crippen molar-refractivity contribution in [1.82, 2.24) is 0 Å². The molecule has 0 saturated heterocycles. The summed E-state index contributed by atoms with van der Waals surface area (Å²) in [6.07, 6.45) is 2.48. The van der Waals surface area contributed by atoms with Gasteiger partial charge < -0.3 is 24.8 Å². The van der Waals surface area contributed by atoms with E-state index in [-0.39, 0.29) is 24.8 Å². The van der Waals surface area contributed by atoms with Crippen molar-refractivity contribution in [3.05, 3.63) is 81.9 Å². The third kappa shape index (κ3) is 2.86. The molecule has 1 aliphatic heterocycles. The molecule has 2 atom stereocenters. The minimum absolute atomic E-state index is 0. The van der Waals surface area contributed by atoms with E-state index >= 15 is 0 Å². The molecule has 0 aromatic heterocycles. The van der Waals surface area contributed by atoms with E-state index in [1.807, 2.05) is 11.1 Å². The van der Waals surface area contributed by atoms with Gasteiger partial charge in [-0.25, -0.2) is 0 Å². The molecule has 1 heterocycles. The minimum Gasteiger partial charge on any atom is -1.00 e. The quantitative estimate of drug-likeness (QED) is 0.529. The van der Waals surface area contributed by atoms with Crippen LogP contribution in [0.4, 0.5) is 0 Å². The third-order valence-corrected chi connectivity index (χ3v) is 15.3. The maximum atomic E-state index is 2.64. The average Bonchev–Trinajstić information content (AvgIpc) is 3.16. The van der Waals surface area contributed by atoms with Crippen LogP contribution >= 0.6 is 0 Å². The molecule has 5 rings (SSSR count). The molecular weight excluding hydrogens is 478 g/mol. The third-order valence-electron chi connectivity index (χ3n) is 6.77. The molecule has 0 amide bonds. The van der Waals surface area contributed by atoms with Gasteiger partial charge in [-0.1, -0.05) is 0 Å². The van der Waals surface area contributed by atoms with Crippen molar-refractivity contribution in [2.24, 2.45) is 0 Å². The van der Waals surface area contributed by atoms with Gasteiger partial charge in [-0.3, -0.25) is 0 Å². The van der Waals surface area contributed by atoms with Crippen molar-refractivity contribution in [2.75, 3.05) is 0 Å². The van der Waals surface area contributed by atoms with Crippen molar-refractivity contribution in [3.8, 4) is 0 Å². The van der Waals surface area contributed by atoms with Gasteiger partial charge in [0.15, 0.2) is 0 Å². The molecule has 2 aliphatic carbocycles. The molecule has 0 radical (unpaired) electrons. The number of rotatable bonds is 2. The monoisotopic (exact) mass is 502 g/mol. The predicted molar refractivity (Wildman–Crippen MR) is 110 cm³/mol. The van der Waals surface area contributed by atoms with E-state index in [4.69, 9.17) is 0 Å². The number of halogens is 2. The van der Waals surface area contributed by atoms with Gasteiger partial charge in [0.25, 0.3) is 0 Å². The molecule has 0 saturated carbocycles. The van der Waals surface area contributed by atoms with Gasteiger partial charge in [0.2, 0.25) is 0 Å². The molecule has 28 heavy (non-hydrogen) atoms. The summed E-state index contributed by atoms with van der Waals surface area (Å²) in [6, 6.07) is 18.9. The summed E-state index contributed by atoms with van der Waals surface area (Å²) in [7, 11) is -1.73. The number of hydrogen-bond acceptors (Lipinski definition) is 0. The number of benzene rings is 2. The Morgan fingerprint density at radius 1 is 0.714 bits per heavy atom. The molecule has 0 spiro atoms. The van der Waals surface area contributed by atoms with E-state index in [0.717, 1.165) is 7.25 Å². The molecule has 4 bridgehead atoms. The first kappa shape index (κ1) is 22.3. The van der Waals surface area contributed by atoms with Crippen LogP contribution in [0.25, 0.3) is 10.4 Å². The smallest absolute Gasteiger partial charge is 1.00 e. The minimum atomic E-state index is -1.73. The maximum Gasteiger partial charge on any atom is -1.00 e. The Morgan fingerprint density at radius 2 is 1.11 bits per heavy atom. The van der Waals surface area contributed by atoms with Crippen LogP contribution in [0.1, 0.15) is 56.2 Å². The van der Waals surface area contributed by atoms with Crippen LogP contribution in [0.2, 0.25) is 13.1 Å². The standard InChI is InChI=1S/C24H26Si.2ClH.Zr/c1-5-17-15-19-11-7-9-13-21(19)23(17)25(3,4)24-18(6-2)16-20-12-8-10-14-22(20)24;;;/h7-16H,5-6H2,1-4H3;2*1H;/q;;;+2/p-2. The van der Waals surface area contributed by atoms with E-state index < -0.39 is 31.3 Å². The zero-order valence-corrected chi connectivity index (χ0v) is 21.9. The van der Waals surface area contributed by atoms with Gasteiger partial charge >= 0.3 is 171 Å². The second-order valence-corrected chi connectivity index (χ2v) is 16.2. The Bertz CT molecular complexity index is 912. The Morgan fingerprint density at radius 3 is 1.50 bits per heavy atom. The predicted octanol–water partition coefficient (Wildman–Crippen LogP) is 0.714. The normalized spacial score (nSPS) is 22.7. The van der Waals surface area contributed by atoms with Gasteiger partial charge in [-0.05, 0) is 0 Å². The second kappa shape index (κ2) is 8.03. The fourth-order valence-electron chi connectivity index (χ4n) is 5.87. The van der Waals surface area contributed by atoms with Crippen molar-refractivity contribution in [1.29, 1.82) is 0 Å². The zero-order chi connectivity index (χ0) is 18.1. The fraction of sp³-hybridized carbons (Fsp3) is 0.333. The molecule has 3 aliphatic rings. The van der Waals surface area contributed by atoms with Gasteiger partial charge in [0, 0.05) is 0 Å². The van der Waals surface area contributed by atoms with Crippen LogP contribution in [0.3, 0.4) is 0 Å². The van der Waals surface area contributed by atoms with Crippen LogP contribution in [-0.2, 0) is 23.2 Å². The summed E-state index contributed by atoms with van der Waals surface area (Å²) in [5.41, 5.74) is 10.3. The van der Waals surface area contributed by atoms with E-state index in [1.54, 1.807) is 32.6 Å². The van der Waals surface area contributed by atoms with Gasteiger partial charge in [-0.2, -0.15) is 0 Å². The summed E-state index contributed by atoms with van der Waals surface area (Å²) in [5, 5.41) is 3.61. The van der Waals surface area contributed by atoms with E-state index in [9.17, 15) is 0 Å². The molecule has 4 heteroatoms. The summed E-state index contributed by atoms with van der Waals surface area (Å²) < 4.78 is 1.58. The molecule has 2 unspecified atom stereocenters. The fourth-order valence-corrected chi connectivity index (χ4v) is 16.5. The van der Waals surface area contributed by atoms with Gasteiger partial charge in [-0.15, -0.1) is 0 Å². The second-order valence-electron chi connectivity index (χ2n) is 8.34. The van der Waals surface area contributed by atoms with Crippen LogP contribution in [0.15, 0.2) is 59.7 Å². The zero-order valence-electron chi connectivity index (χ0n) is 16.9.